The van der Waals surface area contributed by atoms with E-state index >= 15 is 0 Å². The predicted molar refractivity (Wildman–Crippen MR) is 238 cm³/mol. The van der Waals surface area contributed by atoms with Gasteiger partial charge in [0.2, 0.25) is 0 Å². The van der Waals surface area contributed by atoms with Crippen LogP contribution in [0.3, 0.4) is 0 Å². The first kappa shape index (κ1) is 53.4. The van der Waals surface area contributed by atoms with Crippen molar-refractivity contribution in [2.75, 3.05) is 13.2 Å². The molecule has 0 spiro atoms. The summed E-state index contributed by atoms with van der Waals surface area (Å²) in [5.41, 5.74) is 0. The molecule has 0 aromatic rings. The Bertz CT molecular complexity index is 996. The third-order valence-corrected chi connectivity index (χ3v) is 10.1. The van der Waals surface area contributed by atoms with Gasteiger partial charge in [-0.3, -0.25) is 14.4 Å². The summed E-state index contributed by atoms with van der Waals surface area (Å²) in [6.07, 6.45) is 52.5. The van der Waals surface area contributed by atoms with Crippen LogP contribution in [0.4, 0.5) is 0 Å². The third-order valence-electron chi connectivity index (χ3n) is 10.1. The Morgan fingerprint density at radius 3 is 1.20 bits per heavy atom. The van der Waals surface area contributed by atoms with Crippen molar-refractivity contribution in [1.29, 1.82) is 0 Å². The van der Waals surface area contributed by atoms with E-state index in [1.807, 2.05) is 0 Å². The molecule has 0 saturated heterocycles. The van der Waals surface area contributed by atoms with E-state index in [0.717, 1.165) is 77.0 Å². The van der Waals surface area contributed by atoms with Crippen molar-refractivity contribution >= 4 is 17.9 Å². The number of unbranched alkanes of at least 4 members (excludes halogenated alkanes) is 23. The highest BCUT2D eigenvalue weighted by Crippen LogP contribution is 2.14. The fraction of sp³-hybridized carbons (Fsp3) is 0.780. The summed E-state index contributed by atoms with van der Waals surface area (Å²) in [5.74, 6) is -0.925. The van der Waals surface area contributed by atoms with Crippen molar-refractivity contribution in [2.45, 2.75) is 239 Å². The Morgan fingerprint density at radius 1 is 0.375 bits per heavy atom. The van der Waals surface area contributed by atoms with E-state index in [0.29, 0.717) is 19.3 Å². The average Bonchev–Trinajstić information content (AvgIpc) is 3.19. The van der Waals surface area contributed by atoms with Crippen LogP contribution < -0.4 is 0 Å². The van der Waals surface area contributed by atoms with E-state index in [-0.39, 0.29) is 31.1 Å². The zero-order valence-corrected chi connectivity index (χ0v) is 36.9. The Morgan fingerprint density at radius 2 is 0.714 bits per heavy atom. The zero-order valence-electron chi connectivity index (χ0n) is 36.9. The van der Waals surface area contributed by atoms with Gasteiger partial charge in [0.25, 0.3) is 0 Å². The molecule has 0 aromatic heterocycles. The fourth-order valence-corrected chi connectivity index (χ4v) is 6.52. The molecule has 324 valence electrons. The molecule has 1 unspecified atom stereocenters. The molecule has 6 heteroatoms. The molecule has 0 saturated carbocycles. The number of hydrogen-bond acceptors (Lipinski definition) is 6. The lowest BCUT2D eigenvalue weighted by molar-refractivity contribution is -0.167. The van der Waals surface area contributed by atoms with E-state index in [1.54, 1.807) is 0 Å². The van der Waals surface area contributed by atoms with E-state index in [1.165, 1.54) is 116 Å². The number of ether oxygens (including phenoxy) is 3. The Hall–Kier alpha value is -2.63. The van der Waals surface area contributed by atoms with Gasteiger partial charge in [-0.2, -0.15) is 0 Å². The lowest BCUT2D eigenvalue weighted by Gasteiger charge is -2.18. The number of hydrogen-bond donors (Lipinski definition) is 0. The molecule has 0 rings (SSSR count). The largest absolute Gasteiger partial charge is 0.462 e. The highest BCUT2D eigenvalue weighted by Gasteiger charge is 2.19. The van der Waals surface area contributed by atoms with Crippen LogP contribution in [0, 0.1) is 0 Å². The first-order valence-electron chi connectivity index (χ1n) is 23.6. The molecular formula is C50H88O6. The summed E-state index contributed by atoms with van der Waals surface area (Å²) >= 11 is 0. The SMILES string of the molecule is CC/C=C\C/C=C\C/C=C\CCCCCCCCCCCC(=O)OCC(COC(=O)CCC/C=C\CCCCCC)OC(=O)CCCCCCCCCCCC. The number of esters is 3. The van der Waals surface area contributed by atoms with E-state index in [4.69, 9.17) is 14.2 Å². The maximum Gasteiger partial charge on any atom is 0.306 e. The third kappa shape index (κ3) is 42.5. The van der Waals surface area contributed by atoms with Crippen LogP contribution in [0.15, 0.2) is 48.6 Å². The van der Waals surface area contributed by atoms with Crippen molar-refractivity contribution in [3.8, 4) is 0 Å². The van der Waals surface area contributed by atoms with Gasteiger partial charge in [0.05, 0.1) is 0 Å². The quantitative estimate of drug-likeness (QED) is 0.0265. The minimum absolute atomic E-state index is 0.0829. The molecule has 0 aromatic carbocycles. The minimum atomic E-state index is -0.780. The van der Waals surface area contributed by atoms with Gasteiger partial charge in [0.1, 0.15) is 13.2 Å². The highest BCUT2D eigenvalue weighted by atomic mass is 16.6. The number of carbonyl (C=O) groups is 3. The summed E-state index contributed by atoms with van der Waals surface area (Å²) in [6.45, 7) is 6.45. The summed E-state index contributed by atoms with van der Waals surface area (Å²) in [5, 5.41) is 0. The van der Waals surface area contributed by atoms with Crippen LogP contribution in [0.25, 0.3) is 0 Å². The molecule has 0 amide bonds. The molecule has 0 bridgehead atoms. The molecule has 56 heavy (non-hydrogen) atoms. The maximum atomic E-state index is 12.7. The monoisotopic (exact) mass is 785 g/mol. The Kier molecular flexibility index (Phi) is 43.0. The maximum absolute atomic E-state index is 12.7. The second kappa shape index (κ2) is 45.1. The van der Waals surface area contributed by atoms with Gasteiger partial charge in [-0.1, -0.05) is 191 Å². The Balaban J connectivity index is 4.28. The van der Waals surface area contributed by atoms with Crippen molar-refractivity contribution in [3.05, 3.63) is 48.6 Å². The van der Waals surface area contributed by atoms with Crippen LogP contribution in [0.2, 0.25) is 0 Å². The summed E-state index contributed by atoms with van der Waals surface area (Å²) in [7, 11) is 0. The molecule has 0 aliphatic carbocycles. The lowest BCUT2D eigenvalue weighted by Crippen LogP contribution is -2.30. The first-order chi connectivity index (χ1) is 27.5. The minimum Gasteiger partial charge on any atom is -0.462 e. The van der Waals surface area contributed by atoms with Crippen LogP contribution in [-0.4, -0.2) is 37.2 Å². The average molecular weight is 785 g/mol. The van der Waals surface area contributed by atoms with Crippen LogP contribution in [-0.2, 0) is 28.6 Å². The summed E-state index contributed by atoms with van der Waals surface area (Å²) in [4.78, 5) is 37.7. The second-order valence-electron chi connectivity index (χ2n) is 15.6. The van der Waals surface area contributed by atoms with Crippen molar-refractivity contribution in [1.82, 2.24) is 0 Å². The highest BCUT2D eigenvalue weighted by molar-refractivity contribution is 5.71. The molecule has 0 radical (unpaired) electrons. The summed E-state index contributed by atoms with van der Waals surface area (Å²) < 4.78 is 16.7. The molecule has 0 aliphatic rings. The molecular weight excluding hydrogens is 697 g/mol. The van der Waals surface area contributed by atoms with Gasteiger partial charge in [0, 0.05) is 19.3 Å². The molecule has 6 nitrogen and oxygen atoms in total. The van der Waals surface area contributed by atoms with Crippen molar-refractivity contribution < 1.29 is 28.6 Å². The standard InChI is InChI=1S/C50H88O6/c1-4-7-10-13-16-19-21-22-23-24-25-26-27-28-29-32-34-37-40-43-49(52)55-46-47(45-54-48(51)42-39-36-33-30-18-15-12-9-6-3)56-50(53)44-41-38-35-31-20-17-14-11-8-5-2/h7,10,16,19,22-23,30,33,47H,4-6,8-9,11-15,17-18,20-21,24-29,31-32,34-46H2,1-3H3/b10-7-,19-16-,23-22-,33-30-. The summed E-state index contributed by atoms with van der Waals surface area (Å²) in [6, 6.07) is 0. The number of allylic oxidation sites excluding steroid dienone is 8. The van der Waals surface area contributed by atoms with Gasteiger partial charge >= 0.3 is 17.9 Å². The van der Waals surface area contributed by atoms with Gasteiger partial charge in [-0.15, -0.1) is 0 Å². The fourth-order valence-electron chi connectivity index (χ4n) is 6.52. The number of rotatable bonds is 42. The van der Waals surface area contributed by atoms with E-state index in [2.05, 4.69) is 69.4 Å². The van der Waals surface area contributed by atoms with Gasteiger partial charge in [-0.25, -0.2) is 0 Å². The van der Waals surface area contributed by atoms with Crippen LogP contribution >= 0.6 is 0 Å². The number of carbonyl (C=O) groups excluding carboxylic acids is 3. The Labute approximate surface area is 346 Å². The topological polar surface area (TPSA) is 78.9 Å². The van der Waals surface area contributed by atoms with Crippen molar-refractivity contribution in [3.63, 3.8) is 0 Å². The second-order valence-corrected chi connectivity index (χ2v) is 15.6. The molecule has 0 heterocycles. The predicted octanol–water partition coefficient (Wildman–Crippen LogP) is 15.1. The molecule has 0 aliphatic heterocycles. The normalized spacial score (nSPS) is 12.4. The zero-order chi connectivity index (χ0) is 40.8. The van der Waals surface area contributed by atoms with Gasteiger partial charge in [-0.05, 0) is 70.6 Å². The lowest BCUT2D eigenvalue weighted by atomic mass is 10.1. The first-order valence-corrected chi connectivity index (χ1v) is 23.6. The van der Waals surface area contributed by atoms with E-state index < -0.39 is 6.10 Å². The van der Waals surface area contributed by atoms with Crippen LogP contribution in [0.5, 0.6) is 0 Å². The van der Waals surface area contributed by atoms with Gasteiger partial charge < -0.3 is 14.2 Å². The molecule has 1 atom stereocenters. The van der Waals surface area contributed by atoms with E-state index in [9.17, 15) is 14.4 Å². The van der Waals surface area contributed by atoms with Crippen molar-refractivity contribution in [2.24, 2.45) is 0 Å². The molecule has 0 fully saturated rings. The smallest absolute Gasteiger partial charge is 0.306 e. The molecule has 0 N–H and O–H groups in total. The van der Waals surface area contributed by atoms with Crippen LogP contribution in [0.1, 0.15) is 233 Å². The van der Waals surface area contributed by atoms with Gasteiger partial charge in [0.15, 0.2) is 6.10 Å².